The van der Waals surface area contributed by atoms with E-state index in [9.17, 15) is 8.42 Å². The molecule has 0 bridgehead atoms. The van der Waals surface area contributed by atoms with Gasteiger partial charge in [-0.1, -0.05) is 18.2 Å². The summed E-state index contributed by atoms with van der Waals surface area (Å²) < 4.78 is 26.8. The van der Waals surface area contributed by atoms with Crippen LogP contribution in [0.4, 0.5) is 0 Å². The summed E-state index contributed by atoms with van der Waals surface area (Å²) in [4.78, 5) is 0. The van der Waals surface area contributed by atoms with Gasteiger partial charge in [0.25, 0.3) is 0 Å². The Labute approximate surface area is 101 Å². The van der Waals surface area contributed by atoms with Gasteiger partial charge in [0.05, 0.1) is 12.4 Å². The number of hydrogen-bond acceptors (Lipinski definition) is 3. The van der Waals surface area contributed by atoms with E-state index in [-0.39, 0.29) is 5.75 Å². The number of hydrogen-bond donors (Lipinski definition) is 0. The van der Waals surface area contributed by atoms with Crippen molar-refractivity contribution in [3.05, 3.63) is 29.8 Å². The van der Waals surface area contributed by atoms with Gasteiger partial charge in [-0.05, 0) is 31.4 Å². The number of rotatable bonds is 6. The van der Waals surface area contributed by atoms with Gasteiger partial charge in [0.15, 0.2) is 0 Å². The van der Waals surface area contributed by atoms with Gasteiger partial charge in [-0.2, -0.15) is 0 Å². The van der Waals surface area contributed by atoms with E-state index in [2.05, 4.69) is 0 Å². The van der Waals surface area contributed by atoms with E-state index in [1.807, 2.05) is 31.2 Å². The van der Waals surface area contributed by atoms with E-state index in [1.54, 1.807) is 0 Å². The molecule has 90 valence electrons. The molecule has 3 nitrogen and oxygen atoms in total. The standard InChI is InChI=1S/C11H15ClO3S/c1-10-6-2-3-7-11(10)15-8-4-5-9-16(12,13)14/h2-3,6-7H,4-5,8-9H2,1H3. The van der Waals surface area contributed by atoms with Crippen LogP contribution in [0.25, 0.3) is 0 Å². The Morgan fingerprint density at radius 2 is 1.94 bits per heavy atom. The van der Waals surface area contributed by atoms with Gasteiger partial charge in [0.2, 0.25) is 9.05 Å². The fourth-order valence-electron chi connectivity index (χ4n) is 1.28. The molecule has 0 aromatic heterocycles. The maximum absolute atomic E-state index is 10.6. The van der Waals surface area contributed by atoms with Crippen molar-refractivity contribution in [2.45, 2.75) is 19.8 Å². The smallest absolute Gasteiger partial charge is 0.232 e. The van der Waals surface area contributed by atoms with Crippen LogP contribution < -0.4 is 4.74 Å². The minimum absolute atomic E-state index is 0.00564. The third kappa shape index (κ3) is 5.37. The van der Waals surface area contributed by atoms with Gasteiger partial charge in [-0.15, -0.1) is 0 Å². The van der Waals surface area contributed by atoms with Crippen molar-refractivity contribution in [3.63, 3.8) is 0 Å². The maximum atomic E-state index is 10.6. The molecule has 0 spiro atoms. The minimum atomic E-state index is -3.36. The predicted octanol–water partition coefficient (Wildman–Crippen LogP) is 2.72. The number of ether oxygens (including phenoxy) is 1. The van der Waals surface area contributed by atoms with Crippen LogP contribution >= 0.6 is 10.7 Å². The molecular weight excluding hydrogens is 248 g/mol. The molecule has 1 rings (SSSR count). The van der Waals surface area contributed by atoms with Gasteiger partial charge < -0.3 is 4.74 Å². The molecule has 0 heterocycles. The highest BCUT2D eigenvalue weighted by atomic mass is 35.7. The summed E-state index contributed by atoms with van der Waals surface area (Å²) in [5, 5.41) is 0. The molecule has 16 heavy (non-hydrogen) atoms. The molecule has 0 aliphatic rings. The fourth-order valence-corrected chi connectivity index (χ4v) is 2.15. The number of aryl methyl sites for hydroxylation is 1. The number of benzene rings is 1. The van der Waals surface area contributed by atoms with Gasteiger partial charge in [-0.3, -0.25) is 0 Å². The Kier molecular flexibility index (Phi) is 5.09. The Bertz CT molecular complexity index is 429. The Morgan fingerprint density at radius 1 is 1.25 bits per heavy atom. The SMILES string of the molecule is Cc1ccccc1OCCCCS(=O)(=O)Cl. The van der Waals surface area contributed by atoms with Gasteiger partial charge in [-0.25, -0.2) is 8.42 Å². The minimum Gasteiger partial charge on any atom is -0.493 e. The summed E-state index contributed by atoms with van der Waals surface area (Å²) in [5.74, 6) is 0.849. The fraction of sp³-hybridized carbons (Fsp3) is 0.455. The Balaban J connectivity index is 2.24. The predicted molar refractivity (Wildman–Crippen MR) is 65.5 cm³/mol. The van der Waals surface area contributed by atoms with Crippen LogP contribution in [0.5, 0.6) is 5.75 Å². The zero-order valence-corrected chi connectivity index (χ0v) is 10.7. The van der Waals surface area contributed by atoms with E-state index in [0.29, 0.717) is 19.4 Å². The lowest BCUT2D eigenvalue weighted by atomic mass is 10.2. The monoisotopic (exact) mass is 262 g/mol. The van der Waals surface area contributed by atoms with Crippen LogP contribution in [0.2, 0.25) is 0 Å². The molecule has 0 fully saturated rings. The zero-order chi connectivity index (χ0) is 12.0. The van der Waals surface area contributed by atoms with E-state index in [0.717, 1.165) is 11.3 Å². The molecule has 0 aliphatic heterocycles. The first-order chi connectivity index (χ1) is 7.49. The van der Waals surface area contributed by atoms with Crippen LogP contribution in [0.3, 0.4) is 0 Å². The molecule has 0 radical (unpaired) electrons. The summed E-state index contributed by atoms with van der Waals surface area (Å²) in [7, 11) is 1.73. The molecule has 0 saturated carbocycles. The largest absolute Gasteiger partial charge is 0.493 e. The molecule has 5 heteroatoms. The van der Waals surface area contributed by atoms with E-state index >= 15 is 0 Å². The quantitative estimate of drug-likeness (QED) is 0.585. The average Bonchev–Trinajstić information content (AvgIpc) is 2.18. The maximum Gasteiger partial charge on any atom is 0.232 e. The first-order valence-corrected chi connectivity index (χ1v) is 7.57. The van der Waals surface area contributed by atoms with Crippen molar-refractivity contribution in [2.75, 3.05) is 12.4 Å². The van der Waals surface area contributed by atoms with Crippen LogP contribution in [-0.4, -0.2) is 20.8 Å². The van der Waals surface area contributed by atoms with Crippen molar-refractivity contribution in [3.8, 4) is 5.75 Å². The van der Waals surface area contributed by atoms with Gasteiger partial charge in [0.1, 0.15) is 5.75 Å². The molecule has 0 N–H and O–H groups in total. The lowest BCUT2D eigenvalue weighted by Crippen LogP contribution is -2.02. The molecule has 0 amide bonds. The molecule has 0 unspecified atom stereocenters. The van der Waals surface area contributed by atoms with Crippen LogP contribution in [0, 0.1) is 6.92 Å². The molecular formula is C11H15ClO3S. The average molecular weight is 263 g/mol. The summed E-state index contributed by atoms with van der Waals surface area (Å²) in [6.45, 7) is 2.48. The van der Waals surface area contributed by atoms with Crippen molar-refractivity contribution >= 4 is 19.7 Å². The highest BCUT2D eigenvalue weighted by Crippen LogP contribution is 2.16. The second kappa shape index (κ2) is 6.11. The Morgan fingerprint density at radius 3 is 2.56 bits per heavy atom. The number of para-hydroxylation sites is 1. The molecule has 1 aromatic rings. The lowest BCUT2D eigenvalue weighted by Gasteiger charge is -2.07. The lowest BCUT2D eigenvalue weighted by molar-refractivity contribution is 0.307. The number of unbranched alkanes of at least 4 members (excludes halogenated alkanes) is 1. The van der Waals surface area contributed by atoms with E-state index in [1.165, 1.54) is 0 Å². The van der Waals surface area contributed by atoms with Crippen molar-refractivity contribution in [1.29, 1.82) is 0 Å². The summed E-state index contributed by atoms with van der Waals surface area (Å²) in [6, 6.07) is 7.72. The van der Waals surface area contributed by atoms with Gasteiger partial charge >= 0.3 is 0 Å². The van der Waals surface area contributed by atoms with Crippen molar-refractivity contribution in [1.82, 2.24) is 0 Å². The second-order valence-electron chi connectivity index (χ2n) is 3.56. The molecule has 0 saturated heterocycles. The second-order valence-corrected chi connectivity index (χ2v) is 6.46. The zero-order valence-electron chi connectivity index (χ0n) is 9.15. The third-order valence-corrected chi connectivity index (χ3v) is 3.37. The van der Waals surface area contributed by atoms with Crippen LogP contribution in [-0.2, 0) is 9.05 Å². The molecule has 0 aliphatic carbocycles. The normalized spacial score (nSPS) is 11.4. The highest BCUT2D eigenvalue weighted by molar-refractivity contribution is 8.13. The van der Waals surface area contributed by atoms with E-state index < -0.39 is 9.05 Å². The van der Waals surface area contributed by atoms with Crippen molar-refractivity contribution < 1.29 is 13.2 Å². The summed E-state index contributed by atoms with van der Waals surface area (Å²) in [5.41, 5.74) is 1.08. The summed E-state index contributed by atoms with van der Waals surface area (Å²) >= 11 is 0. The van der Waals surface area contributed by atoms with Crippen LogP contribution in [0.1, 0.15) is 18.4 Å². The van der Waals surface area contributed by atoms with Crippen LogP contribution in [0.15, 0.2) is 24.3 Å². The molecule has 1 aromatic carbocycles. The highest BCUT2D eigenvalue weighted by Gasteiger charge is 2.04. The molecule has 0 atom stereocenters. The first-order valence-electron chi connectivity index (χ1n) is 5.10. The van der Waals surface area contributed by atoms with Gasteiger partial charge in [0, 0.05) is 10.7 Å². The third-order valence-electron chi connectivity index (χ3n) is 2.13. The Hall–Kier alpha value is -0.740. The van der Waals surface area contributed by atoms with E-state index in [4.69, 9.17) is 15.4 Å². The number of halogens is 1. The first kappa shape index (κ1) is 13.3. The summed E-state index contributed by atoms with van der Waals surface area (Å²) in [6.07, 6.45) is 1.21. The van der Waals surface area contributed by atoms with Crippen molar-refractivity contribution in [2.24, 2.45) is 0 Å². The topological polar surface area (TPSA) is 43.4 Å².